The summed E-state index contributed by atoms with van der Waals surface area (Å²) in [6.45, 7) is 8.52. The standard InChI is InChI=1S/C15H25NO3/c1-14(2,3)16(5,6)10-15(4,19)11-7-12(17)9-13(18)8-11/h7-9,19H,10H2,1-6H3,(H-,17,18)/p+1. The summed E-state index contributed by atoms with van der Waals surface area (Å²) in [4.78, 5) is 0. The monoisotopic (exact) mass is 268 g/mol. The van der Waals surface area contributed by atoms with Gasteiger partial charge in [0.1, 0.15) is 23.6 Å². The third kappa shape index (κ3) is 3.61. The van der Waals surface area contributed by atoms with Gasteiger partial charge in [-0.15, -0.1) is 0 Å². The molecule has 1 aromatic rings. The molecule has 1 rings (SSSR count). The van der Waals surface area contributed by atoms with Gasteiger partial charge in [-0.1, -0.05) is 0 Å². The number of benzene rings is 1. The molecule has 0 aliphatic carbocycles. The highest BCUT2D eigenvalue weighted by molar-refractivity contribution is 5.39. The molecule has 4 heteroatoms. The summed E-state index contributed by atoms with van der Waals surface area (Å²) < 4.78 is 0.608. The number of nitrogens with zero attached hydrogens (tertiary/aromatic N) is 1. The first-order valence-corrected chi connectivity index (χ1v) is 6.44. The molecule has 0 radical (unpaired) electrons. The van der Waals surface area contributed by atoms with E-state index in [1.165, 1.54) is 18.2 Å². The van der Waals surface area contributed by atoms with Gasteiger partial charge in [-0.25, -0.2) is 0 Å². The molecule has 19 heavy (non-hydrogen) atoms. The van der Waals surface area contributed by atoms with E-state index in [1.54, 1.807) is 6.92 Å². The zero-order valence-corrected chi connectivity index (χ0v) is 12.7. The van der Waals surface area contributed by atoms with Gasteiger partial charge < -0.3 is 19.8 Å². The summed E-state index contributed by atoms with van der Waals surface area (Å²) in [5.41, 5.74) is -0.643. The SMILES string of the molecule is CC(O)(C[N+](C)(C)C(C)(C)C)c1cc(O)cc(O)c1. The van der Waals surface area contributed by atoms with Gasteiger partial charge in [-0.2, -0.15) is 0 Å². The number of hydrogen-bond acceptors (Lipinski definition) is 3. The first-order chi connectivity index (χ1) is 8.35. The van der Waals surface area contributed by atoms with E-state index in [9.17, 15) is 15.3 Å². The summed E-state index contributed by atoms with van der Waals surface area (Å²) in [6.07, 6.45) is 0. The van der Waals surface area contributed by atoms with Gasteiger partial charge in [0.25, 0.3) is 0 Å². The maximum Gasteiger partial charge on any atom is 0.136 e. The molecule has 1 unspecified atom stereocenters. The zero-order chi connectivity index (χ0) is 15.1. The lowest BCUT2D eigenvalue weighted by Crippen LogP contribution is -2.59. The van der Waals surface area contributed by atoms with Gasteiger partial charge in [0.15, 0.2) is 0 Å². The molecular formula is C15H26NO3+. The Hall–Kier alpha value is -1.26. The molecular weight excluding hydrogens is 242 g/mol. The Labute approximate surface area is 115 Å². The van der Waals surface area contributed by atoms with E-state index in [2.05, 4.69) is 34.9 Å². The average molecular weight is 268 g/mol. The van der Waals surface area contributed by atoms with Gasteiger partial charge in [0.2, 0.25) is 0 Å². The van der Waals surface area contributed by atoms with Crippen molar-refractivity contribution in [3.63, 3.8) is 0 Å². The van der Waals surface area contributed by atoms with Gasteiger partial charge in [0.05, 0.1) is 19.6 Å². The highest BCUT2D eigenvalue weighted by atomic mass is 16.3. The minimum atomic E-state index is -1.13. The van der Waals surface area contributed by atoms with Crippen molar-refractivity contribution in [3.05, 3.63) is 23.8 Å². The molecule has 0 bridgehead atoms. The first kappa shape index (κ1) is 15.8. The summed E-state index contributed by atoms with van der Waals surface area (Å²) >= 11 is 0. The largest absolute Gasteiger partial charge is 0.508 e. The van der Waals surface area contributed by atoms with Crippen LogP contribution in [0.3, 0.4) is 0 Å². The zero-order valence-electron chi connectivity index (χ0n) is 12.7. The van der Waals surface area contributed by atoms with Crippen LogP contribution < -0.4 is 0 Å². The lowest BCUT2D eigenvalue weighted by atomic mass is 9.91. The summed E-state index contributed by atoms with van der Waals surface area (Å²) in [5, 5.41) is 29.8. The van der Waals surface area contributed by atoms with Crippen LogP contribution in [0.2, 0.25) is 0 Å². The second-order valence-electron chi connectivity index (χ2n) is 7.03. The predicted octanol–water partition coefficient (Wildman–Crippen LogP) is 2.18. The van der Waals surface area contributed by atoms with Crippen LogP contribution in [0.5, 0.6) is 11.5 Å². The quantitative estimate of drug-likeness (QED) is 0.736. The third-order valence-electron chi connectivity index (χ3n) is 4.04. The Morgan fingerprint density at radius 3 is 1.74 bits per heavy atom. The third-order valence-corrected chi connectivity index (χ3v) is 4.04. The highest BCUT2D eigenvalue weighted by Crippen LogP contribution is 2.32. The average Bonchev–Trinajstić information content (AvgIpc) is 2.12. The van der Waals surface area contributed by atoms with Crippen molar-refractivity contribution >= 4 is 0 Å². The van der Waals surface area contributed by atoms with Crippen molar-refractivity contribution in [2.75, 3.05) is 20.6 Å². The van der Waals surface area contributed by atoms with Crippen LogP contribution in [0, 0.1) is 0 Å². The number of likely N-dealkylation sites (N-methyl/N-ethyl adjacent to an activating group) is 1. The van der Waals surface area contributed by atoms with Crippen LogP contribution in [-0.4, -0.2) is 46.0 Å². The van der Waals surface area contributed by atoms with Crippen LogP contribution in [0.1, 0.15) is 33.3 Å². The Bertz CT molecular complexity index is 439. The summed E-state index contributed by atoms with van der Waals surface area (Å²) in [6, 6.07) is 4.23. The maximum atomic E-state index is 10.7. The minimum Gasteiger partial charge on any atom is -0.508 e. The molecule has 1 aromatic carbocycles. The number of quaternary nitrogens is 1. The first-order valence-electron chi connectivity index (χ1n) is 6.44. The normalized spacial score (nSPS) is 16.2. The van der Waals surface area contributed by atoms with E-state index in [0.29, 0.717) is 16.6 Å². The van der Waals surface area contributed by atoms with E-state index < -0.39 is 5.60 Å². The van der Waals surface area contributed by atoms with Crippen molar-refractivity contribution in [1.29, 1.82) is 0 Å². The Morgan fingerprint density at radius 2 is 1.37 bits per heavy atom. The van der Waals surface area contributed by atoms with E-state index >= 15 is 0 Å². The molecule has 3 N–H and O–H groups in total. The molecule has 0 amide bonds. The van der Waals surface area contributed by atoms with Gasteiger partial charge in [0, 0.05) is 6.07 Å². The molecule has 0 saturated carbocycles. The number of hydrogen-bond donors (Lipinski definition) is 3. The number of aliphatic hydroxyl groups is 1. The van der Waals surface area contributed by atoms with E-state index in [-0.39, 0.29) is 17.0 Å². The van der Waals surface area contributed by atoms with E-state index in [4.69, 9.17) is 0 Å². The molecule has 4 nitrogen and oxygen atoms in total. The van der Waals surface area contributed by atoms with E-state index in [0.717, 1.165) is 0 Å². The maximum absolute atomic E-state index is 10.7. The lowest BCUT2D eigenvalue weighted by molar-refractivity contribution is -0.941. The van der Waals surface area contributed by atoms with Crippen molar-refractivity contribution in [1.82, 2.24) is 0 Å². The molecule has 0 heterocycles. The fourth-order valence-corrected chi connectivity index (χ4v) is 2.00. The van der Waals surface area contributed by atoms with Crippen molar-refractivity contribution in [3.8, 4) is 11.5 Å². The molecule has 1 atom stereocenters. The van der Waals surface area contributed by atoms with Crippen molar-refractivity contribution in [2.24, 2.45) is 0 Å². The fourth-order valence-electron chi connectivity index (χ4n) is 2.00. The van der Waals surface area contributed by atoms with Crippen molar-refractivity contribution < 1.29 is 19.8 Å². The fraction of sp³-hybridized carbons (Fsp3) is 0.600. The van der Waals surface area contributed by atoms with Gasteiger partial charge >= 0.3 is 0 Å². The summed E-state index contributed by atoms with van der Waals surface area (Å²) in [5.74, 6) is -0.0901. The van der Waals surface area contributed by atoms with Gasteiger partial charge in [-0.05, 0) is 45.4 Å². The van der Waals surface area contributed by atoms with Gasteiger partial charge in [-0.3, -0.25) is 0 Å². The number of aromatic hydroxyl groups is 2. The van der Waals surface area contributed by atoms with Crippen LogP contribution >= 0.6 is 0 Å². The van der Waals surface area contributed by atoms with Crippen molar-refractivity contribution in [2.45, 2.75) is 38.8 Å². The molecule has 108 valence electrons. The number of rotatable bonds is 3. The predicted molar refractivity (Wildman–Crippen MR) is 76.1 cm³/mol. The van der Waals surface area contributed by atoms with E-state index in [1.807, 2.05) is 0 Å². The number of phenolic OH excluding ortho intramolecular Hbond substituents is 2. The molecule has 0 aromatic heterocycles. The minimum absolute atomic E-state index is 0.0249. The number of phenols is 2. The van der Waals surface area contributed by atoms with Crippen LogP contribution in [0.15, 0.2) is 18.2 Å². The molecule has 0 aliphatic rings. The smallest absolute Gasteiger partial charge is 0.136 e. The topological polar surface area (TPSA) is 60.7 Å². The Morgan fingerprint density at radius 1 is 0.947 bits per heavy atom. The van der Waals surface area contributed by atoms with Crippen LogP contribution in [0.4, 0.5) is 0 Å². The molecule has 0 spiro atoms. The second kappa shape index (κ2) is 4.69. The molecule has 0 aliphatic heterocycles. The second-order valence-corrected chi connectivity index (χ2v) is 7.03. The lowest BCUT2D eigenvalue weighted by Gasteiger charge is -2.46. The van der Waals surface area contributed by atoms with Crippen LogP contribution in [-0.2, 0) is 5.60 Å². The highest BCUT2D eigenvalue weighted by Gasteiger charge is 2.39. The van der Waals surface area contributed by atoms with Crippen LogP contribution in [0.25, 0.3) is 0 Å². The Kier molecular flexibility index (Phi) is 3.90. The summed E-state index contributed by atoms with van der Waals surface area (Å²) in [7, 11) is 4.11. The Balaban J connectivity index is 3.11. The molecule has 0 fully saturated rings. The molecule has 0 saturated heterocycles.